The molecule has 0 atom stereocenters. The Bertz CT molecular complexity index is 452. The zero-order valence-corrected chi connectivity index (χ0v) is 10.4. The second kappa shape index (κ2) is 5.77. The molecule has 0 saturated carbocycles. The molecule has 0 amide bonds. The molecule has 0 aliphatic rings. The Labute approximate surface area is 103 Å². The van der Waals surface area contributed by atoms with Gasteiger partial charge >= 0.3 is 0 Å². The third-order valence-electron chi connectivity index (χ3n) is 2.17. The molecule has 0 bridgehead atoms. The lowest BCUT2D eigenvalue weighted by Crippen LogP contribution is -1.94. The van der Waals surface area contributed by atoms with Crippen LogP contribution in [-0.4, -0.2) is 5.78 Å². The summed E-state index contributed by atoms with van der Waals surface area (Å²) in [7, 11) is 0. The Morgan fingerprint density at radius 3 is 2.69 bits per heavy atom. The third kappa shape index (κ3) is 3.43. The molecule has 0 aliphatic carbocycles. The predicted octanol–water partition coefficient (Wildman–Crippen LogP) is 4.02. The van der Waals surface area contributed by atoms with E-state index in [1.54, 1.807) is 28.7 Å². The van der Waals surface area contributed by atoms with Crippen LogP contribution in [0.25, 0.3) is 6.08 Å². The van der Waals surface area contributed by atoms with Gasteiger partial charge in [0.2, 0.25) is 0 Å². The molecule has 0 saturated heterocycles. The summed E-state index contributed by atoms with van der Waals surface area (Å²) in [4.78, 5) is 14.0. The predicted molar refractivity (Wildman–Crippen MR) is 71.0 cm³/mol. The van der Waals surface area contributed by atoms with Crippen molar-refractivity contribution in [1.82, 2.24) is 0 Å². The lowest BCUT2D eigenvalue weighted by molar-refractivity contribution is -0.114. The van der Waals surface area contributed by atoms with Gasteiger partial charge in [-0.05, 0) is 41.5 Å². The number of carbonyl (C=O) groups excluding carboxylic acids is 1. The van der Waals surface area contributed by atoms with Crippen LogP contribution in [-0.2, 0) is 11.2 Å². The van der Waals surface area contributed by atoms with E-state index in [1.165, 1.54) is 4.88 Å². The Morgan fingerprint density at radius 1 is 1.19 bits per heavy atom. The molecule has 0 spiro atoms. The van der Waals surface area contributed by atoms with E-state index in [4.69, 9.17) is 0 Å². The van der Waals surface area contributed by atoms with Crippen molar-refractivity contribution in [2.24, 2.45) is 0 Å². The van der Waals surface area contributed by atoms with Crippen molar-refractivity contribution >= 4 is 34.5 Å². The minimum Gasteiger partial charge on any atom is -0.295 e. The highest BCUT2D eigenvalue weighted by molar-refractivity contribution is 7.10. The molecule has 82 valence electrons. The van der Waals surface area contributed by atoms with E-state index in [0.29, 0.717) is 6.42 Å². The fourth-order valence-electron chi connectivity index (χ4n) is 1.35. The Morgan fingerprint density at radius 2 is 2.00 bits per heavy atom. The number of hydrogen-bond acceptors (Lipinski definition) is 3. The summed E-state index contributed by atoms with van der Waals surface area (Å²) in [6.07, 6.45) is 5.02. The normalized spacial score (nSPS) is 11.0. The molecular weight excluding hydrogens is 236 g/mol. The Balaban J connectivity index is 1.81. The maximum atomic E-state index is 11.6. The molecule has 0 unspecified atom stereocenters. The number of thiophene rings is 2. The van der Waals surface area contributed by atoms with Crippen LogP contribution < -0.4 is 0 Å². The maximum Gasteiger partial charge on any atom is 0.156 e. The van der Waals surface area contributed by atoms with E-state index in [9.17, 15) is 4.79 Å². The molecule has 0 radical (unpaired) electrons. The van der Waals surface area contributed by atoms with Crippen molar-refractivity contribution in [3.8, 4) is 0 Å². The molecular formula is C13H12OS2. The van der Waals surface area contributed by atoms with E-state index in [1.807, 2.05) is 35.0 Å². The molecule has 0 N–H and O–H groups in total. The standard InChI is InChI=1S/C13H12OS2/c14-11(5-7-12-3-1-9-15-12)6-8-13-4-2-10-16-13/h1-5,7,9-10H,6,8H2/b7-5+. The van der Waals surface area contributed by atoms with Crippen molar-refractivity contribution < 1.29 is 4.79 Å². The fraction of sp³-hybridized carbons (Fsp3) is 0.154. The van der Waals surface area contributed by atoms with Crippen molar-refractivity contribution in [2.45, 2.75) is 12.8 Å². The average molecular weight is 248 g/mol. The SMILES string of the molecule is O=C(/C=C/c1cccs1)CCc1cccs1. The first-order chi connectivity index (χ1) is 7.84. The molecule has 3 heteroatoms. The molecule has 16 heavy (non-hydrogen) atoms. The highest BCUT2D eigenvalue weighted by Gasteiger charge is 1.99. The lowest BCUT2D eigenvalue weighted by Gasteiger charge is -1.93. The van der Waals surface area contributed by atoms with E-state index < -0.39 is 0 Å². The first kappa shape index (κ1) is 11.3. The quantitative estimate of drug-likeness (QED) is 0.730. The lowest BCUT2D eigenvalue weighted by atomic mass is 10.2. The van der Waals surface area contributed by atoms with Gasteiger partial charge in [0, 0.05) is 16.2 Å². The first-order valence-electron chi connectivity index (χ1n) is 5.11. The number of carbonyl (C=O) groups is 1. The van der Waals surface area contributed by atoms with E-state index in [2.05, 4.69) is 6.07 Å². The molecule has 2 aromatic heterocycles. The summed E-state index contributed by atoms with van der Waals surface area (Å²) < 4.78 is 0. The summed E-state index contributed by atoms with van der Waals surface area (Å²) in [5.74, 6) is 0.196. The fourth-order valence-corrected chi connectivity index (χ4v) is 2.67. The van der Waals surface area contributed by atoms with Crippen molar-refractivity contribution in [3.63, 3.8) is 0 Å². The summed E-state index contributed by atoms with van der Waals surface area (Å²) in [5, 5.41) is 4.05. The Kier molecular flexibility index (Phi) is 4.08. The minimum atomic E-state index is 0.196. The van der Waals surface area contributed by atoms with Crippen LogP contribution in [0.5, 0.6) is 0 Å². The van der Waals surface area contributed by atoms with Gasteiger partial charge in [0.15, 0.2) is 5.78 Å². The van der Waals surface area contributed by atoms with Gasteiger partial charge in [-0.3, -0.25) is 4.79 Å². The topological polar surface area (TPSA) is 17.1 Å². The summed E-state index contributed by atoms with van der Waals surface area (Å²) >= 11 is 3.35. The van der Waals surface area contributed by atoms with Gasteiger partial charge < -0.3 is 0 Å². The van der Waals surface area contributed by atoms with Crippen LogP contribution in [0, 0.1) is 0 Å². The molecule has 0 aromatic carbocycles. The monoisotopic (exact) mass is 248 g/mol. The smallest absolute Gasteiger partial charge is 0.156 e. The largest absolute Gasteiger partial charge is 0.295 e. The number of aryl methyl sites for hydroxylation is 1. The number of ketones is 1. The van der Waals surface area contributed by atoms with E-state index in [0.717, 1.165) is 11.3 Å². The third-order valence-corrected chi connectivity index (χ3v) is 3.95. The minimum absolute atomic E-state index is 0.196. The zero-order chi connectivity index (χ0) is 11.2. The molecule has 1 nitrogen and oxygen atoms in total. The number of hydrogen-bond donors (Lipinski definition) is 0. The highest BCUT2D eigenvalue weighted by atomic mass is 32.1. The summed E-state index contributed by atoms with van der Waals surface area (Å²) in [5.41, 5.74) is 0. The molecule has 0 fully saturated rings. The van der Waals surface area contributed by atoms with Gasteiger partial charge in [-0.1, -0.05) is 12.1 Å². The van der Waals surface area contributed by atoms with Gasteiger partial charge in [-0.25, -0.2) is 0 Å². The molecule has 2 aromatic rings. The van der Waals surface area contributed by atoms with Crippen LogP contribution in [0.1, 0.15) is 16.2 Å². The highest BCUT2D eigenvalue weighted by Crippen LogP contribution is 2.13. The number of rotatable bonds is 5. The van der Waals surface area contributed by atoms with Gasteiger partial charge in [0.05, 0.1) is 0 Å². The van der Waals surface area contributed by atoms with Gasteiger partial charge in [-0.2, -0.15) is 0 Å². The van der Waals surface area contributed by atoms with Crippen LogP contribution in [0.2, 0.25) is 0 Å². The summed E-state index contributed by atoms with van der Waals surface area (Å²) in [6, 6.07) is 8.08. The first-order valence-corrected chi connectivity index (χ1v) is 6.87. The van der Waals surface area contributed by atoms with Crippen molar-refractivity contribution in [2.75, 3.05) is 0 Å². The van der Waals surface area contributed by atoms with Crippen LogP contribution in [0.4, 0.5) is 0 Å². The second-order valence-corrected chi connectivity index (χ2v) is 5.41. The molecule has 0 aliphatic heterocycles. The van der Waals surface area contributed by atoms with Gasteiger partial charge in [-0.15, -0.1) is 22.7 Å². The van der Waals surface area contributed by atoms with Crippen LogP contribution in [0.15, 0.2) is 41.1 Å². The van der Waals surface area contributed by atoms with Crippen molar-refractivity contribution in [3.05, 3.63) is 50.9 Å². The maximum absolute atomic E-state index is 11.6. The molecule has 2 rings (SSSR count). The van der Waals surface area contributed by atoms with E-state index >= 15 is 0 Å². The van der Waals surface area contributed by atoms with Gasteiger partial charge in [0.25, 0.3) is 0 Å². The Hall–Kier alpha value is -1.19. The van der Waals surface area contributed by atoms with E-state index in [-0.39, 0.29) is 5.78 Å². The number of allylic oxidation sites excluding steroid dienone is 1. The average Bonchev–Trinajstić information content (AvgIpc) is 2.96. The second-order valence-electron chi connectivity index (χ2n) is 3.39. The molecule has 2 heterocycles. The van der Waals surface area contributed by atoms with Crippen LogP contribution in [0.3, 0.4) is 0 Å². The van der Waals surface area contributed by atoms with Crippen LogP contribution >= 0.6 is 22.7 Å². The van der Waals surface area contributed by atoms with Crippen molar-refractivity contribution in [1.29, 1.82) is 0 Å². The van der Waals surface area contributed by atoms with Gasteiger partial charge in [0.1, 0.15) is 0 Å². The zero-order valence-electron chi connectivity index (χ0n) is 8.76. The summed E-state index contributed by atoms with van der Waals surface area (Å²) in [6.45, 7) is 0.